The third kappa shape index (κ3) is 3.35. The summed E-state index contributed by atoms with van der Waals surface area (Å²) in [6, 6.07) is 0.673. The first-order valence-electron chi connectivity index (χ1n) is 6.60. The Labute approximate surface area is 104 Å². The molecule has 0 saturated heterocycles. The molecule has 0 amide bonds. The van der Waals surface area contributed by atoms with Crippen LogP contribution in [0.2, 0.25) is 0 Å². The van der Waals surface area contributed by atoms with Gasteiger partial charge in [0.1, 0.15) is 0 Å². The average Bonchev–Trinajstić information content (AvgIpc) is 3.08. The van der Waals surface area contributed by atoms with Gasteiger partial charge in [0.15, 0.2) is 0 Å². The molecule has 94 valence electrons. The van der Waals surface area contributed by atoms with Crippen molar-refractivity contribution < 1.29 is 4.74 Å². The molecule has 0 aromatic heterocycles. The SMILES string of the molecule is COC1CCCC(NCC2(CCCl)CC2)C1. The van der Waals surface area contributed by atoms with Gasteiger partial charge >= 0.3 is 0 Å². The van der Waals surface area contributed by atoms with Crippen LogP contribution in [0.5, 0.6) is 0 Å². The maximum atomic E-state index is 5.85. The highest BCUT2D eigenvalue weighted by Gasteiger charge is 2.41. The third-order valence-electron chi connectivity index (χ3n) is 4.31. The van der Waals surface area contributed by atoms with Crippen molar-refractivity contribution in [2.45, 2.75) is 57.1 Å². The Morgan fingerprint density at radius 2 is 2.19 bits per heavy atom. The van der Waals surface area contributed by atoms with Gasteiger partial charge in [-0.05, 0) is 50.4 Å². The minimum atomic E-state index is 0.481. The van der Waals surface area contributed by atoms with E-state index in [1.165, 1.54) is 51.5 Å². The second kappa shape index (κ2) is 5.70. The number of nitrogens with one attached hydrogen (secondary N) is 1. The maximum absolute atomic E-state index is 5.85. The van der Waals surface area contributed by atoms with Gasteiger partial charge < -0.3 is 10.1 Å². The van der Waals surface area contributed by atoms with Crippen molar-refractivity contribution in [2.75, 3.05) is 19.5 Å². The van der Waals surface area contributed by atoms with E-state index >= 15 is 0 Å². The van der Waals surface area contributed by atoms with Crippen LogP contribution in [-0.2, 0) is 4.74 Å². The summed E-state index contributed by atoms with van der Waals surface area (Å²) < 4.78 is 5.46. The number of ether oxygens (including phenoxy) is 1. The van der Waals surface area contributed by atoms with Gasteiger partial charge in [0.25, 0.3) is 0 Å². The Bertz CT molecular complexity index is 218. The molecular weight excluding hydrogens is 222 g/mol. The fraction of sp³-hybridized carbons (Fsp3) is 1.00. The largest absolute Gasteiger partial charge is 0.381 e. The van der Waals surface area contributed by atoms with Crippen molar-refractivity contribution in [3.63, 3.8) is 0 Å². The molecule has 3 heteroatoms. The second-order valence-corrected chi connectivity index (χ2v) is 5.92. The average molecular weight is 246 g/mol. The van der Waals surface area contributed by atoms with E-state index in [0.29, 0.717) is 17.6 Å². The highest BCUT2D eigenvalue weighted by atomic mass is 35.5. The first-order valence-corrected chi connectivity index (χ1v) is 7.14. The number of methoxy groups -OCH3 is 1. The van der Waals surface area contributed by atoms with E-state index in [9.17, 15) is 0 Å². The third-order valence-corrected chi connectivity index (χ3v) is 4.50. The maximum Gasteiger partial charge on any atom is 0.0586 e. The minimum Gasteiger partial charge on any atom is -0.381 e. The van der Waals surface area contributed by atoms with Crippen LogP contribution in [0.1, 0.15) is 44.9 Å². The van der Waals surface area contributed by atoms with E-state index < -0.39 is 0 Å². The molecule has 2 unspecified atom stereocenters. The predicted octanol–water partition coefficient (Wildman–Crippen LogP) is 2.94. The van der Waals surface area contributed by atoms with Gasteiger partial charge in [-0.15, -0.1) is 11.6 Å². The summed E-state index contributed by atoms with van der Waals surface area (Å²) in [6.07, 6.45) is 9.45. The van der Waals surface area contributed by atoms with E-state index in [2.05, 4.69) is 5.32 Å². The van der Waals surface area contributed by atoms with Crippen LogP contribution < -0.4 is 5.32 Å². The van der Waals surface area contributed by atoms with Crippen LogP contribution in [0.4, 0.5) is 0 Å². The zero-order valence-electron chi connectivity index (χ0n) is 10.3. The van der Waals surface area contributed by atoms with Gasteiger partial charge in [-0.1, -0.05) is 0 Å². The number of halogens is 1. The minimum absolute atomic E-state index is 0.481. The van der Waals surface area contributed by atoms with Crippen LogP contribution in [0.15, 0.2) is 0 Å². The molecule has 0 bridgehead atoms. The Hall–Kier alpha value is 0.210. The van der Waals surface area contributed by atoms with Crippen molar-refractivity contribution in [3.8, 4) is 0 Å². The van der Waals surface area contributed by atoms with E-state index in [1.807, 2.05) is 7.11 Å². The van der Waals surface area contributed by atoms with Crippen LogP contribution >= 0.6 is 11.6 Å². The molecule has 2 aliphatic rings. The Balaban J connectivity index is 1.69. The highest BCUT2D eigenvalue weighted by molar-refractivity contribution is 6.17. The van der Waals surface area contributed by atoms with Crippen LogP contribution in [0, 0.1) is 5.41 Å². The summed E-state index contributed by atoms with van der Waals surface area (Å²) in [7, 11) is 1.84. The quantitative estimate of drug-likeness (QED) is 0.727. The fourth-order valence-corrected chi connectivity index (χ4v) is 3.20. The molecule has 2 aliphatic carbocycles. The molecule has 0 aromatic rings. The Morgan fingerprint density at radius 1 is 1.38 bits per heavy atom. The number of rotatable bonds is 6. The summed E-state index contributed by atoms with van der Waals surface area (Å²) in [4.78, 5) is 0. The molecular formula is C13H24ClNO. The van der Waals surface area contributed by atoms with E-state index in [1.54, 1.807) is 0 Å². The fourth-order valence-electron chi connectivity index (χ4n) is 2.80. The molecule has 16 heavy (non-hydrogen) atoms. The summed E-state index contributed by atoms with van der Waals surface area (Å²) in [5.41, 5.74) is 0.557. The van der Waals surface area contributed by atoms with Gasteiger partial charge in [-0.2, -0.15) is 0 Å². The van der Waals surface area contributed by atoms with E-state index in [0.717, 1.165) is 5.88 Å². The smallest absolute Gasteiger partial charge is 0.0586 e. The highest BCUT2D eigenvalue weighted by Crippen LogP contribution is 2.48. The Morgan fingerprint density at radius 3 is 2.81 bits per heavy atom. The lowest BCUT2D eigenvalue weighted by Crippen LogP contribution is -2.39. The van der Waals surface area contributed by atoms with Crippen LogP contribution in [0.3, 0.4) is 0 Å². The molecule has 0 aromatic carbocycles. The molecule has 2 saturated carbocycles. The van der Waals surface area contributed by atoms with Crippen molar-refractivity contribution in [2.24, 2.45) is 5.41 Å². The topological polar surface area (TPSA) is 21.3 Å². The molecule has 1 N–H and O–H groups in total. The van der Waals surface area contributed by atoms with Crippen LogP contribution in [0.25, 0.3) is 0 Å². The van der Waals surface area contributed by atoms with Gasteiger partial charge in [0, 0.05) is 25.6 Å². The molecule has 2 fully saturated rings. The Kier molecular flexibility index (Phi) is 4.51. The zero-order valence-corrected chi connectivity index (χ0v) is 11.1. The van der Waals surface area contributed by atoms with Crippen molar-refractivity contribution in [1.29, 1.82) is 0 Å². The van der Waals surface area contributed by atoms with Gasteiger partial charge in [-0.3, -0.25) is 0 Å². The molecule has 2 rings (SSSR count). The van der Waals surface area contributed by atoms with Gasteiger partial charge in [-0.25, -0.2) is 0 Å². The molecule has 0 spiro atoms. The summed E-state index contributed by atoms with van der Waals surface area (Å²) in [6.45, 7) is 1.17. The van der Waals surface area contributed by atoms with E-state index in [4.69, 9.17) is 16.3 Å². The summed E-state index contributed by atoms with van der Waals surface area (Å²) in [5, 5.41) is 3.73. The lowest BCUT2D eigenvalue weighted by Gasteiger charge is -2.30. The monoisotopic (exact) mass is 245 g/mol. The zero-order chi connectivity index (χ0) is 11.4. The van der Waals surface area contributed by atoms with Gasteiger partial charge in [0.05, 0.1) is 6.10 Å². The lowest BCUT2D eigenvalue weighted by molar-refractivity contribution is 0.0579. The van der Waals surface area contributed by atoms with E-state index in [-0.39, 0.29) is 0 Å². The molecule has 2 nitrogen and oxygen atoms in total. The molecule has 0 heterocycles. The van der Waals surface area contributed by atoms with Crippen LogP contribution in [-0.4, -0.2) is 31.7 Å². The molecule has 0 radical (unpaired) electrons. The normalized spacial score (nSPS) is 32.6. The molecule has 0 aliphatic heterocycles. The van der Waals surface area contributed by atoms with Crippen molar-refractivity contribution in [1.82, 2.24) is 5.32 Å². The number of alkyl halides is 1. The number of hydrogen-bond donors (Lipinski definition) is 1. The first kappa shape index (κ1) is 12.7. The lowest BCUT2D eigenvalue weighted by atomic mass is 9.92. The van der Waals surface area contributed by atoms with Crippen molar-refractivity contribution >= 4 is 11.6 Å². The predicted molar refractivity (Wildman–Crippen MR) is 68.1 cm³/mol. The second-order valence-electron chi connectivity index (χ2n) is 5.54. The number of hydrogen-bond acceptors (Lipinski definition) is 2. The summed E-state index contributed by atoms with van der Waals surface area (Å²) in [5.74, 6) is 0.813. The molecule has 2 atom stereocenters. The first-order chi connectivity index (χ1) is 7.78. The summed E-state index contributed by atoms with van der Waals surface area (Å²) >= 11 is 5.85. The standard InChI is InChI=1S/C13H24ClNO/c1-16-12-4-2-3-11(9-12)15-10-13(5-6-13)7-8-14/h11-12,15H,2-10H2,1H3. The van der Waals surface area contributed by atoms with Gasteiger partial charge in [0.2, 0.25) is 0 Å². The van der Waals surface area contributed by atoms with Crippen molar-refractivity contribution in [3.05, 3.63) is 0 Å².